The number of imidazole rings is 1. The zero-order chi connectivity index (χ0) is 18.1. The largest absolute Gasteiger partial charge is 0.322 e. The number of rotatable bonds is 3. The monoisotopic (exact) mass is 405 g/mol. The Balaban J connectivity index is 1.64. The Labute approximate surface area is 159 Å². The molecule has 0 saturated carbocycles. The Morgan fingerprint density at radius 3 is 2.77 bits per heavy atom. The molecule has 0 radical (unpaired) electrons. The number of aromatic nitrogens is 2. The molecular formula is C21H16BrN3O. The Morgan fingerprint density at radius 1 is 1.08 bits per heavy atom. The van der Waals surface area contributed by atoms with Gasteiger partial charge in [0.1, 0.15) is 5.65 Å². The Kier molecular flexibility index (Phi) is 4.31. The number of hydrogen-bond donors (Lipinski definition) is 1. The Bertz CT molecular complexity index is 1120. The third kappa shape index (κ3) is 3.26. The number of benzene rings is 2. The van der Waals surface area contributed by atoms with Crippen LogP contribution < -0.4 is 5.32 Å². The van der Waals surface area contributed by atoms with Crippen molar-refractivity contribution in [3.05, 3.63) is 88.7 Å². The van der Waals surface area contributed by atoms with Gasteiger partial charge < -0.3 is 9.72 Å². The van der Waals surface area contributed by atoms with Crippen molar-refractivity contribution in [2.75, 3.05) is 5.32 Å². The van der Waals surface area contributed by atoms with Crippen molar-refractivity contribution in [3.8, 4) is 11.3 Å². The third-order valence-electron chi connectivity index (χ3n) is 4.15. The van der Waals surface area contributed by atoms with Gasteiger partial charge >= 0.3 is 0 Å². The second-order valence-corrected chi connectivity index (χ2v) is 6.96. The lowest BCUT2D eigenvalue weighted by atomic mass is 10.1. The van der Waals surface area contributed by atoms with E-state index in [0.717, 1.165) is 27.1 Å². The van der Waals surface area contributed by atoms with Crippen LogP contribution in [0.4, 0.5) is 5.69 Å². The molecule has 4 aromatic rings. The molecule has 0 saturated heterocycles. The van der Waals surface area contributed by atoms with Gasteiger partial charge in [-0.25, -0.2) is 4.98 Å². The van der Waals surface area contributed by atoms with Gasteiger partial charge in [0, 0.05) is 28.1 Å². The molecule has 0 aliphatic heterocycles. The van der Waals surface area contributed by atoms with Crippen LogP contribution in [0.1, 0.15) is 15.9 Å². The molecule has 0 spiro atoms. The lowest BCUT2D eigenvalue weighted by Crippen LogP contribution is -2.12. The van der Waals surface area contributed by atoms with Crippen LogP contribution in [0.15, 0.2) is 77.5 Å². The molecule has 0 aliphatic carbocycles. The SMILES string of the molecule is Cc1ccn2cc(-c3cccc(NC(=O)c4ccccc4Br)c3)nc2c1. The van der Waals surface area contributed by atoms with Crippen molar-refractivity contribution in [2.45, 2.75) is 6.92 Å². The highest BCUT2D eigenvalue weighted by Gasteiger charge is 2.11. The van der Waals surface area contributed by atoms with Crippen LogP contribution in [0.2, 0.25) is 0 Å². The predicted molar refractivity (Wildman–Crippen MR) is 107 cm³/mol. The molecule has 1 amide bonds. The average molecular weight is 406 g/mol. The lowest BCUT2D eigenvalue weighted by Gasteiger charge is -2.08. The van der Waals surface area contributed by atoms with E-state index in [0.29, 0.717) is 5.56 Å². The van der Waals surface area contributed by atoms with E-state index >= 15 is 0 Å². The minimum absolute atomic E-state index is 0.153. The van der Waals surface area contributed by atoms with E-state index < -0.39 is 0 Å². The van der Waals surface area contributed by atoms with Crippen molar-refractivity contribution < 1.29 is 4.79 Å². The number of carbonyl (C=O) groups excluding carboxylic acids is 1. The first-order valence-corrected chi connectivity index (χ1v) is 9.01. The highest BCUT2D eigenvalue weighted by Crippen LogP contribution is 2.24. The molecule has 1 N–H and O–H groups in total. The second kappa shape index (κ2) is 6.77. The summed E-state index contributed by atoms with van der Waals surface area (Å²) < 4.78 is 2.76. The van der Waals surface area contributed by atoms with E-state index in [1.54, 1.807) is 6.07 Å². The molecule has 2 aromatic heterocycles. The number of aryl methyl sites for hydroxylation is 1. The van der Waals surface area contributed by atoms with Crippen molar-refractivity contribution >= 4 is 33.2 Å². The minimum Gasteiger partial charge on any atom is -0.322 e. The van der Waals surface area contributed by atoms with Gasteiger partial charge in [-0.3, -0.25) is 4.79 Å². The van der Waals surface area contributed by atoms with Gasteiger partial charge in [0.15, 0.2) is 0 Å². The van der Waals surface area contributed by atoms with Gasteiger partial charge in [0.05, 0.1) is 11.3 Å². The van der Waals surface area contributed by atoms with Crippen LogP contribution in [0.25, 0.3) is 16.9 Å². The molecule has 2 heterocycles. The first-order chi connectivity index (χ1) is 12.6. The summed E-state index contributed by atoms with van der Waals surface area (Å²) in [5, 5.41) is 2.95. The molecule has 26 heavy (non-hydrogen) atoms. The molecule has 2 aromatic carbocycles. The topological polar surface area (TPSA) is 46.4 Å². The summed E-state index contributed by atoms with van der Waals surface area (Å²) in [4.78, 5) is 17.2. The number of nitrogens with one attached hydrogen (secondary N) is 1. The zero-order valence-corrected chi connectivity index (χ0v) is 15.7. The fraction of sp³-hybridized carbons (Fsp3) is 0.0476. The normalized spacial score (nSPS) is 10.8. The fourth-order valence-electron chi connectivity index (χ4n) is 2.82. The average Bonchev–Trinajstić information content (AvgIpc) is 3.05. The van der Waals surface area contributed by atoms with Crippen LogP contribution >= 0.6 is 15.9 Å². The standard InChI is InChI=1S/C21H16BrN3O/c1-14-9-10-25-13-19(24-20(25)11-14)15-5-4-6-16(12-15)23-21(26)17-7-2-3-8-18(17)22/h2-13H,1H3,(H,23,26). The number of amides is 1. The lowest BCUT2D eigenvalue weighted by molar-refractivity contribution is 0.102. The predicted octanol–water partition coefficient (Wildman–Crippen LogP) is 5.32. The molecule has 4 nitrogen and oxygen atoms in total. The van der Waals surface area contributed by atoms with E-state index in [9.17, 15) is 4.79 Å². The highest BCUT2D eigenvalue weighted by molar-refractivity contribution is 9.10. The second-order valence-electron chi connectivity index (χ2n) is 6.11. The summed E-state index contributed by atoms with van der Waals surface area (Å²) >= 11 is 3.41. The summed E-state index contributed by atoms with van der Waals surface area (Å²) in [5.41, 5.74) is 5.23. The van der Waals surface area contributed by atoms with Crippen LogP contribution in [0, 0.1) is 6.92 Å². The van der Waals surface area contributed by atoms with E-state index in [4.69, 9.17) is 0 Å². The van der Waals surface area contributed by atoms with Gasteiger partial charge in [-0.2, -0.15) is 0 Å². The van der Waals surface area contributed by atoms with E-state index in [2.05, 4.69) is 26.2 Å². The molecule has 0 unspecified atom stereocenters. The Hall–Kier alpha value is -2.92. The number of pyridine rings is 1. The number of fused-ring (bicyclic) bond motifs is 1. The molecule has 5 heteroatoms. The number of carbonyl (C=O) groups is 1. The number of anilines is 1. The first-order valence-electron chi connectivity index (χ1n) is 8.22. The van der Waals surface area contributed by atoms with Crippen molar-refractivity contribution in [3.63, 3.8) is 0 Å². The van der Waals surface area contributed by atoms with E-state index in [1.165, 1.54) is 5.56 Å². The molecule has 0 aliphatic rings. The minimum atomic E-state index is -0.153. The highest BCUT2D eigenvalue weighted by atomic mass is 79.9. The number of halogens is 1. The van der Waals surface area contributed by atoms with Gasteiger partial charge in [0.2, 0.25) is 0 Å². The molecule has 0 fully saturated rings. The quantitative estimate of drug-likeness (QED) is 0.500. The summed E-state index contributed by atoms with van der Waals surface area (Å²) in [5.74, 6) is -0.153. The van der Waals surface area contributed by atoms with Crippen LogP contribution in [-0.4, -0.2) is 15.3 Å². The third-order valence-corrected chi connectivity index (χ3v) is 4.84. The van der Waals surface area contributed by atoms with Crippen molar-refractivity contribution in [2.24, 2.45) is 0 Å². The summed E-state index contributed by atoms with van der Waals surface area (Å²) in [6.07, 6.45) is 3.99. The van der Waals surface area contributed by atoms with Gasteiger partial charge in [0.25, 0.3) is 5.91 Å². The van der Waals surface area contributed by atoms with Crippen LogP contribution in [0.5, 0.6) is 0 Å². The molecular weight excluding hydrogens is 390 g/mol. The smallest absolute Gasteiger partial charge is 0.256 e. The van der Waals surface area contributed by atoms with Crippen molar-refractivity contribution in [1.82, 2.24) is 9.38 Å². The number of hydrogen-bond acceptors (Lipinski definition) is 2. The fourth-order valence-corrected chi connectivity index (χ4v) is 3.29. The van der Waals surface area contributed by atoms with Crippen LogP contribution in [0.3, 0.4) is 0 Å². The van der Waals surface area contributed by atoms with Gasteiger partial charge in [-0.15, -0.1) is 0 Å². The first kappa shape index (κ1) is 16.5. The summed E-state index contributed by atoms with van der Waals surface area (Å²) in [7, 11) is 0. The molecule has 0 bridgehead atoms. The molecule has 4 rings (SSSR count). The van der Waals surface area contributed by atoms with Crippen molar-refractivity contribution in [1.29, 1.82) is 0 Å². The maximum absolute atomic E-state index is 12.5. The van der Waals surface area contributed by atoms with Crippen LogP contribution in [-0.2, 0) is 0 Å². The van der Waals surface area contributed by atoms with Gasteiger partial charge in [-0.1, -0.05) is 24.3 Å². The maximum Gasteiger partial charge on any atom is 0.256 e. The van der Waals surface area contributed by atoms with Gasteiger partial charge in [-0.05, 0) is 64.8 Å². The Morgan fingerprint density at radius 2 is 1.92 bits per heavy atom. The molecule has 0 atom stereocenters. The zero-order valence-electron chi connectivity index (χ0n) is 14.1. The summed E-state index contributed by atoms with van der Waals surface area (Å²) in [6, 6.07) is 19.2. The molecule has 128 valence electrons. The summed E-state index contributed by atoms with van der Waals surface area (Å²) in [6.45, 7) is 2.05. The number of nitrogens with zero attached hydrogens (tertiary/aromatic N) is 2. The van der Waals surface area contributed by atoms with E-state index in [-0.39, 0.29) is 5.91 Å². The maximum atomic E-state index is 12.5. The van der Waals surface area contributed by atoms with E-state index in [1.807, 2.05) is 78.3 Å².